The SMILES string of the molecule is Cc1nc2cnc3ccsc3c2n1C1CCC(CC#N)OC1. The van der Waals surface area contributed by atoms with Gasteiger partial charge in [-0.1, -0.05) is 0 Å². The van der Waals surface area contributed by atoms with Crippen molar-refractivity contribution in [2.45, 2.75) is 38.3 Å². The van der Waals surface area contributed by atoms with Gasteiger partial charge in [-0.05, 0) is 31.2 Å². The summed E-state index contributed by atoms with van der Waals surface area (Å²) in [5.74, 6) is 1.00. The molecule has 2 unspecified atom stereocenters. The number of fused-ring (bicyclic) bond motifs is 3. The van der Waals surface area contributed by atoms with Crippen molar-refractivity contribution < 1.29 is 4.74 Å². The summed E-state index contributed by atoms with van der Waals surface area (Å²) in [5.41, 5.74) is 3.15. The van der Waals surface area contributed by atoms with E-state index in [9.17, 15) is 0 Å². The quantitative estimate of drug-likeness (QED) is 0.725. The Hall–Kier alpha value is -1.97. The van der Waals surface area contributed by atoms with Gasteiger partial charge in [0.15, 0.2) is 0 Å². The van der Waals surface area contributed by atoms with E-state index in [1.54, 1.807) is 11.3 Å². The lowest BCUT2D eigenvalue weighted by atomic mass is 10.0. The first kappa shape index (κ1) is 13.7. The molecule has 0 aromatic carbocycles. The molecular formula is C16H16N4OS. The molecule has 0 saturated carbocycles. The summed E-state index contributed by atoms with van der Waals surface area (Å²) in [6.07, 6.45) is 4.37. The molecule has 6 heteroatoms. The molecule has 1 fully saturated rings. The summed E-state index contributed by atoms with van der Waals surface area (Å²) in [6.45, 7) is 2.69. The Bertz CT molecular complexity index is 867. The third-order valence-electron chi connectivity index (χ3n) is 4.33. The normalized spacial score (nSPS) is 22.2. The van der Waals surface area contributed by atoms with Crippen LogP contribution in [0.5, 0.6) is 0 Å². The van der Waals surface area contributed by atoms with Crippen molar-refractivity contribution in [3.8, 4) is 6.07 Å². The Kier molecular flexibility index (Phi) is 3.32. The average molecular weight is 312 g/mol. The molecule has 4 rings (SSSR count). The van der Waals surface area contributed by atoms with Gasteiger partial charge >= 0.3 is 0 Å². The van der Waals surface area contributed by atoms with Crippen LogP contribution in [-0.2, 0) is 4.74 Å². The molecule has 0 bridgehead atoms. The zero-order chi connectivity index (χ0) is 15.1. The fourth-order valence-corrected chi connectivity index (χ4v) is 4.19. The maximum Gasteiger partial charge on any atom is 0.109 e. The second-order valence-corrected chi connectivity index (χ2v) is 6.62. The van der Waals surface area contributed by atoms with Crippen LogP contribution >= 0.6 is 11.3 Å². The van der Waals surface area contributed by atoms with Gasteiger partial charge in [-0.3, -0.25) is 4.98 Å². The van der Waals surface area contributed by atoms with Crippen LogP contribution in [0.25, 0.3) is 21.3 Å². The minimum absolute atomic E-state index is 0.0831. The fourth-order valence-electron chi connectivity index (χ4n) is 3.30. The highest BCUT2D eigenvalue weighted by Gasteiger charge is 2.26. The monoisotopic (exact) mass is 312 g/mol. The van der Waals surface area contributed by atoms with Gasteiger partial charge in [-0.15, -0.1) is 11.3 Å². The Labute approximate surface area is 132 Å². The summed E-state index contributed by atoms with van der Waals surface area (Å²) in [7, 11) is 0. The van der Waals surface area contributed by atoms with E-state index in [0.29, 0.717) is 13.0 Å². The topological polar surface area (TPSA) is 63.7 Å². The number of hydrogen-bond acceptors (Lipinski definition) is 5. The predicted molar refractivity (Wildman–Crippen MR) is 85.9 cm³/mol. The Morgan fingerprint density at radius 3 is 3.14 bits per heavy atom. The van der Waals surface area contributed by atoms with Gasteiger partial charge in [-0.25, -0.2) is 4.98 Å². The van der Waals surface area contributed by atoms with Gasteiger partial charge in [0, 0.05) is 0 Å². The lowest BCUT2D eigenvalue weighted by Gasteiger charge is -2.29. The van der Waals surface area contributed by atoms with Crippen molar-refractivity contribution in [1.29, 1.82) is 5.26 Å². The molecule has 5 nitrogen and oxygen atoms in total. The number of pyridine rings is 1. The highest BCUT2D eigenvalue weighted by atomic mass is 32.1. The van der Waals surface area contributed by atoms with Crippen molar-refractivity contribution >= 4 is 32.6 Å². The number of nitriles is 1. The first-order valence-corrected chi connectivity index (χ1v) is 8.35. The molecule has 0 spiro atoms. The summed E-state index contributed by atoms with van der Waals surface area (Å²) in [5, 5.41) is 10.9. The van der Waals surface area contributed by atoms with Crippen LogP contribution in [0.4, 0.5) is 0 Å². The predicted octanol–water partition coefficient (Wildman–Crippen LogP) is 3.59. The van der Waals surface area contributed by atoms with E-state index >= 15 is 0 Å². The van der Waals surface area contributed by atoms with Crippen LogP contribution in [0.15, 0.2) is 17.6 Å². The number of aromatic nitrogens is 3. The van der Waals surface area contributed by atoms with Crippen molar-refractivity contribution in [3.05, 3.63) is 23.5 Å². The molecule has 1 aliphatic heterocycles. The summed E-state index contributed by atoms with van der Waals surface area (Å²) >= 11 is 1.71. The Morgan fingerprint density at radius 1 is 1.45 bits per heavy atom. The molecule has 1 aliphatic rings. The van der Waals surface area contributed by atoms with Crippen LogP contribution in [0.1, 0.15) is 31.1 Å². The molecule has 0 radical (unpaired) electrons. The van der Waals surface area contributed by atoms with Gasteiger partial charge in [0.25, 0.3) is 0 Å². The smallest absolute Gasteiger partial charge is 0.109 e. The van der Waals surface area contributed by atoms with Gasteiger partial charge in [0.05, 0.1) is 53.2 Å². The molecule has 22 heavy (non-hydrogen) atoms. The molecular weight excluding hydrogens is 296 g/mol. The molecule has 0 aliphatic carbocycles. The minimum atomic E-state index is 0.0831. The van der Waals surface area contributed by atoms with Crippen molar-refractivity contribution in [1.82, 2.24) is 14.5 Å². The maximum atomic E-state index is 8.80. The molecule has 0 amide bonds. The summed E-state index contributed by atoms with van der Waals surface area (Å²) in [4.78, 5) is 9.15. The van der Waals surface area contributed by atoms with E-state index in [1.165, 1.54) is 10.2 Å². The fraction of sp³-hybridized carbons (Fsp3) is 0.438. The lowest BCUT2D eigenvalue weighted by Crippen LogP contribution is -2.28. The second kappa shape index (κ2) is 5.34. The molecule has 3 aromatic heterocycles. The van der Waals surface area contributed by atoms with E-state index in [0.717, 1.165) is 29.7 Å². The van der Waals surface area contributed by atoms with Gasteiger partial charge in [-0.2, -0.15) is 5.26 Å². The number of imidazole rings is 1. The highest BCUT2D eigenvalue weighted by Crippen LogP contribution is 2.34. The van der Waals surface area contributed by atoms with E-state index in [-0.39, 0.29) is 12.1 Å². The van der Waals surface area contributed by atoms with E-state index in [1.807, 2.05) is 19.2 Å². The average Bonchev–Trinajstić information content (AvgIpc) is 3.11. The van der Waals surface area contributed by atoms with E-state index in [4.69, 9.17) is 10.00 Å². The van der Waals surface area contributed by atoms with E-state index in [2.05, 4.69) is 26.0 Å². The van der Waals surface area contributed by atoms with Gasteiger partial charge in [0.2, 0.25) is 0 Å². The first-order chi connectivity index (χ1) is 10.8. The zero-order valence-electron chi connectivity index (χ0n) is 12.3. The number of rotatable bonds is 2. The molecule has 3 aromatic rings. The maximum absolute atomic E-state index is 8.80. The molecule has 2 atom stereocenters. The zero-order valence-corrected chi connectivity index (χ0v) is 13.1. The molecule has 4 heterocycles. The van der Waals surface area contributed by atoms with Crippen LogP contribution in [0.2, 0.25) is 0 Å². The largest absolute Gasteiger partial charge is 0.375 e. The number of ether oxygens (including phenoxy) is 1. The van der Waals surface area contributed by atoms with Gasteiger partial charge in [0.1, 0.15) is 11.3 Å². The summed E-state index contributed by atoms with van der Waals surface area (Å²) in [6, 6.07) is 4.53. The number of thiophene rings is 1. The minimum Gasteiger partial charge on any atom is -0.375 e. The Balaban J connectivity index is 1.77. The number of hydrogen-bond donors (Lipinski definition) is 0. The number of aryl methyl sites for hydroxylation is 1. The third-order valence-corrected chi connectivity index (χ3v) is 5.24. The van der Waals surface area contributed by atoms with Gasteiger partial charge < -0.3 is 9.30 Å². The Morgan fingerprint density at radius 2 is 2.36 bits per heavy atom. The van der Waals surface area contributed by atoms with Crippen molar-refractivity contribution in [3.63, 3.8) is 0 Å². The molecule has 112 valence electrons. The second-order valence-electron chi connectivity index (χ2n) is 5.70. The van der Waals surface area contributed by atoms with E-state index < -0.39 is 0 Å². The van der Waals surface area contributed by atoms with Crippen molar-refractivity contribution in [2.24, 2.45) is 0 Å². The lowest BCUT2D eigenvalue weighted by molar-refractivity contribution is -0.00804. The number of nitrogens with zero attached hydrogens (tertiary/aromatic N) is 4. The van der Waals surface area contributed by atoms with Crippen LogP contribution in [-0.4, -0.2) is 27.2 Å². The van der Waals surface area contributed by atoms with Crippen LogP contribution in [0, 0.1) is 18.3 Å². The highest BCUT2D eigenvalue weighted by molar-refractivity contribution is 7.18. The first-order valence-electron chi connectivity index (χ1n) is 7.47. The third kappa shape index (κ3) is 2.09. The molecule has 1 saturated heterocycles. The summed E-state index contributed by atoms with van der Waals surface area (Å²) < 4.78 is 9.36. The van der Waals surface area contributed by atoms with Crippen molar-refractivity contribution in [2.75, 3.05) is 6.61 Å². The van der Waals surface area contributed by atoms with Crippen LogP contribution < -0.4 is 0 Å². The standard InChI is InChI=1S/C16H16N4OS/c1-10-19-14-8-18-13-5-7-22-16(13)15(14)20(10)11-2-3-12(4-6-17)21-9-11/h5,7-8,11-12H,2-4,9H2,1H3. The van der Waals surface area contributed by atoms with Crippen LogP contribution in [0.3, 0.4) is 0 Å². The molecule has 0 N–H and O–H groups in total.